The maximum absolute atomic E-state index is 11.8. The van der Waals surface area contributed by atoms with E-state index in [1.165, 1.54) is 0 Å². The van der Waals surface area contributed by atoms with Crippen LogP contribution in [0.15, 0.2) is 27.4 Å². The molecule has 1 aromatic carbocycles. The number of hydrogen-bond donors (Lipinski definition) is 1. The summed E-state index contributed by atoms with van der Waals surface area (Å²) in [6.45, 7) is 9.33. The minimum Gasteiger partial charge on any atom is -0.499 e. The lowest BCUT2D eigenvalue weighted by molar-refractivity contribution is 0.131. The van der Waals surface area contributed by atoms with E-state index in [0.717, 1.165) is 0 Å². The second-order valence-electron chi connectivity index (χ2n) is 6.08. The Bertz CT molecular complexity index is 707. The van der Waals surface area contributed by atoms with Gasteiger partial charge in [0, 0.05) is 0 Å². The van der Waals surface area contributed by atoms with Crippen LogP contribution in [0.5, 0.6) is 17.2 Å². The van der Waals surface area contributed by atoms with Crippen LogP contribution in [0.2, 0.25) is 0 Å². The zero-order valence-electron chi connectivity index (χ0n) is 12.9. The summed E-state index contributed by atoms with van der Waals surface area (Å²) in [6.07, 6.45) is -0.187. The highest BCUT2D eigenvalue weighted by Gasteiger charge is 2.21. The van der Waals surface area contributed by atoms with E-state index >= 15 is 0 Å². The van der Waals surface area contributed by atoms with Gasteiger partial charge in [-0.25, -0.2) is 4.79 Å². The molecule has 5 heteroatoms. The average molecular weight is 292 g/mol. The lowest BCUT2D eigenvalue weighted by Crippen LogP contribution is -2.23. The number of ether oxygens (including phenoxy) is 2. The Kier molecular flexibility index (Phi) is 3.85. The van der Waals surface area contributed by atoms with Crippen LogP contribution >= 0.6 is 0 Å². The Labute approximate surface area is 123 Å². The topological polar surface area (TPSA) is 68.9 Å². The summed E-state index contributed by atoms with van der Waals surface area (Å²) in [6, 6.07) is 5.19. The Balaban J connectivity index is 2.72. The largest absolute Gasteiger partial charge is 0.499 e. The van der Waals surface area contributed by atoms with E-state index in [1.807, 2.05) is 34.6 Å². The van der Waals surface area contributed by atoms with Crippen molar-refractivity contribution >= 4 is 11.0 Å². The molecular formula is C16H20O5. The van der Waals surface area contributed by atoms with E-state index in [4.69, 9.17) is 13.9 Å². The molecule has 0 unspecified atom stereocenters. The Morgan fingerprint density at radius 1 is 1.24 bits per heavy atom. The zero-order chi connectivity index (χ0) is 15.8. The van der Waals surface area contributed by atoms with Crippen molar-refractivity contribution < 1.29 is 19.0 Å². The highest BCUT2D eigenvalue weighted by molar-refractivity contribution is 5.89. The van der Waals surface area contributed by atoms with Crippen LogP contribution in [0.1, 0.15) is 34.6 Å². The molecule has 0 saturated carbocycles. The van der Waals surface area contributed by atoms with Gasteiger partial charge in [0.2, 0.25) is 5.75 Å². The maximum atomic E-state index is 11.8. The molecule has 0 fully saturated rings. The van der Waals surface area contributed by atoms with E-state index in [2.05, 4.69) is 0 Å². The summed E-state index contributed by atoms with van der Waals surface area (Å²) in [7, 11) is 0. The van der Waals surface area contributed by atoms with Crippen LogP contribution in [-0.4, -0.2) is 16.8 Å². The van der Waals surface area contributed by atoms with Gasteiger partial charge in [0.1, 0.15) is 5.60 Å². The first kappa shape index (κ1) is 15.2. The summed E-state index contributed by atoms with van der Waals surface area (Å²) >= 11 is 0. The van der Waals surface area contributed by atoms with E-state index < -0.39 is 17.0 Å². The van der Waals surface area contributed by atoms with Crippen LogP contribution in [-0.2, 0) is 0 Å². The number of aromatic hydroxyl groups is 1. The third-order valence-electron chi connectivity index (χ3n) is 2.60. The molecule has 0 amide bonds. The molecule has 1 N–H and O–H groups in total. The minimum atomic E-state index is -0.844. The molecule has 21 heavy (non-hydrogen) atoms. The summed E-state index contributed by atoms with van der Waals surface area (Å²) in [5, 5.41) is 10.4. The number of fused-ring (bicyclic) bond motifs is 1. The first-order chi connectivity index (χ1) is 9.69. The molecular weight excluding hydrogens is 272 g/mol. The molecule has 0 bridgehead atoms. The van der Waals surface area contributed by atoms with Gasteiger partial charge >= 0.3 is 5.63 Å². The van der Waals surface area contributed by atoms with Crippen molar-refractivity contribution in [3.63, 3.8) is 0 Å². The van der Waals surface area contributed by atoms with Crippen molar-refractivity contribution in [2.45, 2.75) is 46.3 Å². The zero-order valence-corrected chi connectivity index (χ0v) is 12.9. The fraction of sp³-hybridized carbons (Fsp3) is 0.438. The number of benzene rings is 1. The quantitative estimate of drug-likeness (QED) is 0.877. The van der Waals surface area contributed by atoms with Crippen LogP contribution in [0, 0.1) is 0 Å². The molecule has 114 valence electrons. The van der Waals surface area contributed by atoms with Crippen molar-refractivity contribution in [1.29, 1.82) is 0 Å². The molecule has 0 radical (unpaired) electrons. The SMILES string of the molecule is CC(C)Oc1c(O)c(=O)oc2c(OC(C)(C)C)cccc12. The van der Waals surface area contributed by atoms with Crippen molar-refractivity contribution in [1.82, 2.24) is 0 Å². The molecule has 0 atom stereocenters. The van der Waals surface area contributed by atoms with Gasteiger partial charge in [-0.15, -0.1) is 0 Å². The highest BCUT2D eigenvalue weighted by Crippen LogP contribution is 2.37. The van der Waals surface area contributed by atoms with Crippen molar-refractivity contribution in [3.8, 4) is 17.2 Å². The first-order valence-corrected chi connectivity index (χ1v) is 6.83. The Morgan fingerprint density at radius 3 is 2.48 bits per heavy atom. The molecule has 0 saturated heterocycles. The second-order valence-corrected chi connectivity index (χ2v) is 6.08. The molecule has 0 aliphatic carbocycles. The molecule has 2 aromatic rings. The molecule has 0 aliphatic heterocycles. The van der Waals surface area contributed by atoms with Gasteiger partial charge in [0.05, 0.1) is 11.5 Å². The van der Waals surface area contributed by atoms with Gasteiger partial charge in [0.15, 0.2) is 17.1 Å². The monoisotopic (exact) mass is 292 g/mol. The van der Waals surface area contributed by atoms with E-state index in [9.17, 15) is 9.90 Å². The smallest absolute Gasteiger partial charge is 0.382 e. The van der Waals surface area contributed by atoms with Crippen LogP contribution in [0.4, 0.5) is 0 Å². The third kappa shape index (κ3) is 3.29. The van der Waals surface area contributed by atoms with Crippen LogP contribution in [0.3, 0.4) is 0 Å². The van der Waals surface area contributed by atoms with Gasteiger partial charge < -0.3 is 19.0 Å². The molecule has 1 aromatic heterocycles. The highest BCUT2D eigenvalue weighted by atomic mass is 16.5. The van der Waals surface area contributed by atoms with Crippen molar-refractivity contribution in [2.24, 2.45) is 0 Å². The number of hydrogen-bond acceptors (Lipinski definition) is 5. The normalized spacial score (nSPS) is 11.9. The van der Waals surface area contributed by atoms with Gasteiger partial charge in [-0.3, -0.25) is 0 Å². The second kappa shape index (κ2) is 5.31. The first-order valence-electron chi connectivity index (χ1n) is 6.83. The summed E-state index contributed by atoms with van der Waals surface area (Å²) < 4.78 is 16.5. The minimum absolute atomic E-state index is 0.121. The molecule has 1 heterocycles. The predicted molar refractivity (Wildman–Crippen MR) is 80.3 cm³/mol. The molecule has 0 aliphatic rings. The van der Waals surface area contributed by atoms with Gasteiger partial charge in [-0.1, -0.05) is 6.07 Å². The van der Waals surface area contributed by atoms with Crippen molar-refractivity contribution in [3.05, 3.63) is 28.6 Å². The Morgan fingerprint density at radius 2 is 1.90 bits per heavy atom. The summed E-state index contributed by atoms with van der Waals surface area (Å²) in [5.41, 5.74) is -1.02. The van der Waals surface area contributed by atoms with Gasteiger partial charge in [-0.05, 0) is 46.8 Å². The lowest BCUT2D eigenvalue weighted by Gasteiger charge is -2.22. The number of para-hydroxylation sites is 1. The maximum Gasteiger partial charge on any atom is 0.382 e. The summed E-state index contributed by atoms with van der Waals surface area (Å²) in [4.78, 5) is 11.8. The van der Waals surface area contributed by atoms with Crippen LogP contribution in [0.25, 0.3) is 11.0 Å². The number of rotatable bonds is 3. The average Bonchev–Trinajstić information content (AvgIpc) is 2.34. The Hall–Kier alpha value is -2.17. The van der Waals surface area contributed by atoms with Gasteiger partial charge in [0.25, 0.3) is 0 Å². The standard InChI is InChI=1S/C16H20O5/c1-9(2)19-14-10-7-6-8-11(21-16(3,4)5)13(10)20-15(18)12(14)17/h6-9,17H,1-5H3. The molecule has 0 spiro atoms. The lowest BCUT2D eigenvalue weighted by atomic mass is 10.1. The fourth-order valence-corrected chi connectivity index (χ4v) is 1.93. The summed E-state index contributed by atoms with van der Waals surface area (Å²) in [5.74, 6) is 0.0328. The van der Waals surface area contributed by atoms with E-state index in [-0.39, 0.29) is 17.4 Å². The molecule has 2 rings (SSSR count). The van der Waals surface area contributed by atoms with Gasteiger partial charge in [-0.2, -0.15) is 0 Å². The fourth-order valence-electron chi connectivity index (χ4n) is 1.93. The van der Waals surface area contributed by atoms with E-state index in [0.29, 0.717) is 11.1 Å². The van der Waals surface area contributed by atoms with Crippen LogP contribution < -0.4 is 15.1 Å². The predicted octanol–water partition coefficient (Wildman–Crippen LogP) is 3.46. The van der Waals surface area contributed by atoms with E-state index in [1.54, 1.807) is 18.2 Å². The molecule has 5 nitrogen and oxygen atoms in total. The third-order valence-corrected chi connectivity index (χ3v) is 2.60. The van der Waals surface area contributed by atoms with Crippen molar-refractivity contribution in [2.75, 3.05) is 0 Å².